The zero-order valence-corrected chi connectivity index (χ0v) is 11.9. The van der Waals surface area contributed by atoms with Crippen LogP contribution in [-0.2, 0) is 11.8 Å². The predicted molar refractivity (Wildman–Crippen MR) is 73.2 cm³/mol. The van der Waals surface area contributed by atoms with Crippen molar-refractivity contribution in [2.24, 2.45) is 18.2 Å². The summed E-state index contributed by atoms with van der Waals surface area (Å²) in [7, 11) is 1.78. The monoisotopic (exact) mass is 268 g/mol. The minimum absolute atomic E-state index is 0.0486. The third-order valence-corrected chi connectivity index (χ3v) is 3.12. The standard InChI is InChI=1S/C13H24N4O2/c1-13(2,5-4-6-18)9-15-12(19)11(14)10-7-16-17(3)8-10/h7-8,11,18H,4-6,9,14H2,1-3H3,(H,15,19). The highest BCUT2D eigenvalue weighted by Gasteiger charge is 2.22. The highest BCUT2D eigenvalue weighted by molar-refractivity contribution is 5.82. The molecule has 0 fully saturated rings. The number of nitrogens with one attached hydrogen (secondary N) is 1. The molecular weight excluding hydrogens is 244 g/mol. The summed E-state index contributed by atoms with van der Waals surface area (Å²) in [6.07, 6.45) is 4.92. The lowest BCUT2D eigenvalue weighted by Crippen LogP contribution is -2.39. The first-order valence-electron chi connectivity index (χ1n) is 6.48. The van der Waals surface area contributed by atoms with Gasteiger partial charge in [-0.25, -0.2) is 0 Å². The second kappa shape index (κ2) is 6.68. The van der Waals surface area contributed by atoms with Crippen LogP contribution in [0.3, 0.4) is 0 Å². The average molecular weight is 268 g/mol. The second-order valence-electron chi connectivity index (χ2n) is 5.63. The Morgan fingerprint density at radius 1 is 1.63 bits per heavy atom. The summed E-state index contributed by atoms with van der Waals surface area (Å²) in [5.74, 6) is -0.204. The van der Waals surface area contributed by atoms with Crippen LogP contribution in [-0.4, -0.2) is 33.9 Å². The summed E-state index contributed by atoms with van der Waals surface area (Å²) >= 11 is 0. The lowest BCUT2D eigenvalue weighted by molar-refractivity contribution is -0.122. The quantitative estimate of drug-likeness (QED) is 0.664. The van der Waals surface area contributed by atoms with Crippen molar-refractivity contribution in [3.8, 4) is 0 Å². The van der Waals surface area contributed by atoms with Crippen molar-refractivity contribution < 1.29 is 9.90 Å². The number of nitrogens with zero attached hydrogens (tertiary/aromatic N) is 2. The first-order chi connectivity index (χ1) is 8.85. The number of aryl methyl sites for hydroxylation is 1. The first kappa shape index (κ1) is 15.7. The van der Waals surface area contributed by atoms with Crippen molar-refractivity contribution in [2.45, 2.75) is 32.7 Å². The molecule has 0 aliphatic heterocycles. The summed E-state index contributed by atoms with van der Waals surface area (Å²) in [5.41, 5.74) is 6.53. The third kappa shape index (κ3) is 5.00. The number of rotatable bonds is 7. The topological polar surface area (TPSA) is 93.2 Å². The normalized spacial score (nSPS) is 13.3. The van der Waals surface area contributed by atoms with Crippen molar-refractivity contribution in [1.82, 2.24) is 15.1 Å². The van der Waals surface area contributed by atoms with E-state index in [1.54, 1.807) is 24.1 Å². The molecule has 1 unspecified atom stereocenters. The molecule has 0 bridgehead atoms. The summed E-state index contributed by atoms with van der Waals surface area (Å²) < 4.78 is 1.62. The van der Waals surface area contributed by atoms with Crippen molar-refractivity contribution in [3.63, 3.8) is 0 Å². The lowest BCUT2D eigenvalue weighted by Gasteiger charge is -2.25. The fraction of sp³-hybridized carbons (Fsp3) is 0.692. The number of carbonyl (C=O) groups excluding carboxylic acids is 1. The van der Waals surface area contributed by atoms with E-state index in [1.165, 1.54) is 0 Å². The van der Waals surface area contributed by atoms with Crippen LogP contribution in [0.1, 0.15) is 38.3 Å². The molecule has 4 N–H and O–H groups in total. The van der Waals surface area contributed by atoms with Gasteiger partial charge in [0.05, 0.1) is 6.20 Å². The van der Waals surface area contributed by atoms with Gasteiger partial charge >= 0.3 is 0 Å². The molecule has 6 heteroatoms. The van der Waals surface area contributed by atoms with Gasteiger partial charge in [-0.3, -0.25) is 9.48 Å². The van der Waals surface area contributed by atoms with E-state index < -0.39 is 6.04 Å². The number of aliphatic hydroxyl groups is 1. The molecule has 0 aliphatic rings. The van der Waals surface area contributed by atoms with E-state index in [2.05, 4.69) is 24.3 Å². The van der Waals surface area contributed by atoms with E-state index in [-0.39, 0.29) is 17.9 Å². The molecule has 0 saturated heterocycles. The zero-order chi connectivity index (χ0) is 14.5. The number of aliphatic hydroxyl groups excluding tert-OH is 1. The molecule has 1 aromatic rings. The fourth-order valence-corrected chi connectivity index (χ4v) is 1.83. The molecule has 1 amide bonds. The Kier molecular flexibility index (Phi) is 5.50. The van der Waals surface area contributed by atoms with Gasteiger partial charge < -0.3 is 16.2 Å². The third-order valence-electron chi connectivity index (χ3n) is 3.12. The van der Waals surface area contributed by atoms with Crippen molar-refractivity contribution in [2.75, 3.05) is 13.2 Å². The van der Waals surface area contributed by atoms with Gasteiger partial charge in [-0.15, -0.1) is 0 Å². The molecule has 0 saturated carbocycles. The molecule has 1 aromatic heterocycles. The molecule has 0 aliphatic carbocycles. The number of carbonyl (C=O) groups is 1. The Morgan fingerprint density at radius 2 is 2.32 bits per heavy atom. The maximum absolute atomic E-state index is 12.0. The van der Waals surface area contributed by atoms with E-state index >= 15 is 0 Å². The molecule has 1 rings (SSSR count). The van der Waals surface area contributed by atoms with Gasteiger partial charge in [0.15, 0.2) is 0 Å². The first-order valence-corrected chi connectivity index (χ1v) is 6.48. The van der Waals surface area contributed by atoms with Crippen molar-refractivity contribution in [1.29, 1.82) is 0 Å². The van der Waals surface area contributed by atoms with Gasteiger partial charge in [0.2, 0.25) is 5.91 Å². The van der Waals surface area contributed by atoms with Crippen LogP contribution in [0.2, 0.25) is 0 Å². The zero-order valence-electron chi connectivity index (χ0n) is 11.9. The Hall–Kier alpha value is -1.40. The number of aromatic nitrogens is 2. The summed E-state index contributed by atoms with van der Waals surface area (Å²) in [6, 6.07) is -0.692. The van der Waals surface area contributed by atoms with Crippen LogP contribution in [0.15, 0.2) is 12.4 Å². The smallest absolute Gasteiger partial charge is 0.241 e. The Labute approximate surface area is 114 Å². The molecule has 1 atom stereocenters. The Morgan fingerprint density at radius 3 is 2.84 bits per heavy atom. The maximum Gasteiger partial charge on any atom is 0.241 e. The average Bonchev–Trinajstić information content (AvgIpc) is 2.79. The molecule has 1 heterocycles. The molecular formula is C13H24N4O2. The fourth-order valence-electron chi connectivity index (χ4n) is 1.83. The highest BCUT2D eigenvalue weighted by atomic mass is 16.2. The van der Waals surface area contributed by atoms with Gasteiger partial charge in [-0.1, -0.05) is 13.8 Å². The van der Waals surface area contributed by atoms with E-state index in [1.807, 2.05) is 0 Å². The summed E-state index contributed by atoms with van der Waals surface area (Å²) in [4.78, 5) is 12.0. The number of hydrogen-bond acceptors (Lipinski definition) is 4. The maximum atomic E-state index is 12.0. The summed E-state index contributed by atoms with van der Waals surface area (Å²) in [5, 5.41) is 15.7. The molecule has 6 nitrogen and oxygen atoms in total. The SMILES string of the molecule is Cn1cc(C(N)C(=O)NCC(C)(C)CCCO)cn1. The van der Waals surface area contributed by atoms with Gasteiger partial charge in [0.25, 0.3) is 0 Å². The van der Waals surface area contributed by atoms with Crippen LogP contribution < -0.4 is 11.1 Å². The van der Waals surface area contributed by atoms with Gasteiger partial charge in [-0.05, 0) is 18.3 Å². The lowest BCUT2D eigenvalue weighted by atomic mass is 9.88. The van der Waals surface area contributed by atoms with Gasteiger partial charge in [-0.2, -0.15) is 5.10 Å². The van der Waals surface area contributed by atoms with Crippen LogP contribution in [0.5, 0.6) is 0 Å². The predicted octanol–water partition coefficient (Wildman–Crippen LogP) is 0.335. The van der Waals surface area contributed by atoms with Crippen LogP contribution >= 0.6 is 0 Å². The largest absolute Gasteiger partial charge is 0.396 e. The van der Waals surface area contributed by atoms with Crippen molar-refractivity contribution in [3.05, 3.63) is 18.0 Å². The minimum Gasteiger partial charge on any atom is -0.396 e. The van der Waals surface area contributed by atoms with E-state index in [9.17, 15) is 4.79 Å². The van der Waals surface area contributed by atoms with E-state index in [0.717, 1.165) is 12.8 Å². The Bertz CT molecular complexity index is 415. The molecule has 19 heavy (non-hydrogen) atoms. The molecule has 0 radical (unpaired) electrons. The van der Waals surface area contributed by atoms with E-state index in [4.69, 9.17) is 10.8 Å². The van der Waals surface area contributed by atoms with Crippen LogP contribution in [0.4, 0.5) is 0 Å². The number of hydrogen-bond donors (Lipinski definition) is 3. The Balaban J connectivity index is 2.46. The van der Waals surface area contributed by atoms with Crippen LogP contribution in [0.25, 0.3) is 0 Å². The molecule has 108 valence electrons. The molecule has 0 spiro atoms. The second-order valence-corrected chi connectivity index (χ2v) is 5.63. The number of nitrogens with two attached hydrogens (primary N) is 1. The minimum atomic E-state index is -0.692. The number of amides is 1. The molecule has 0 aromatic carbocycles. The van der Waals surface area contributed by atoms with Crippen LogP contribution in [0, 0.1) is 5.41 Å². The van der Waals surface area contributed by atoms with Gasteiger partial charge in [0.1, 0.15) is 6.04 Å². The highest BCUT2D eigenvalue weighted by Crippen LogP contribution is 2.21. The van der Waals surface area contributed by atoms with Crippen molar-refractivity contribution >= 4 is 5.91 Å². The van der Waals surface area contributed by atoms with E-state index in [0.29, 0.717) is 12.1 Å². The van der Waals surface area contributed by atoms with Gasteiger partial charge in [0, 0.05) is 32.0 Å². The summed E-state index contributed by atoms with van der Waals surface area (Å²) in [6.45, 7) is 4.82.